The minimum Gasteiger partial charge on any atom is -0.462 e. The van der Waals surface area contributed by atoms with E-state index in [0.29, 0.717) is 23.4 Å². The number of esters is 2. The van der Waals surface area contributed by atoms with Crippen LogP contribution >= 0.6 is 0 Å². The molecule has 7 heteroatoms. The first-order valence-corrected chi connectivity index (χ1v) is 10.2. The van der Waals surface area contributed by atoms with Gasteiger partial charge in [0.05, 0.1) is 17.9 Å². The molecule has 7 nitrogen and oxygen atoms in total. The smallest absolute Gasteiger partial charge is 0.355 e. The van der Waals surface area contributed by atoms with Gasteiger partial charge in [-0.25, -0.2) is 9.59 Å². The number of hydrogen-bond acceptors (Lipinski definition) is 5. The summed E-state index contributed by atoms with van der Waals surface area (Å²) in [6.45, 7) is 7.15. The van der Waals surface area contributed by atoms with E-state index in [1.807, 2.05) is 49.4 Å². The molecule has 0 radical (unpaired) electrons. The van der Waals surface area contributed by atoms with Gasteiger partial charge in [-0.1, -0.05) is 36.4 Å². The Bertz CT molecular complexity index is 1130. The van der Waals surface area contributed by atoms with Gasteiger partial charge in [0.1, 0.15) is 5.69 Å². The largest absolute Gasteiger partial charge is 0.462 e. The van der Waals surface area contributed by atoms with Crippen molar-refractivity contribution in [2.45, 2.75) is 27.7 Å². The fourth-order valence-electron chi connectivity index (χ4n) is 3.67. The SMILES string of the molecule is CCOC(=O)c1c(C)[nH]c(C(=O)OCC(=O)N(CC)c2cccc3ccccc23)c1C. The maximum absolute atomic E-state index is 12.9. The number of nitrogens with zero attached hydrogens (tertiary/aromatic N) is 1. The molecule has 0 saturated carbocycles. The van der Waals surface area contributed by atoms with Crippen LogP contribution in [0.1, 0.15) is 46.0 Å². The Morgan fingerprint density at radius 3 is 2.35 bits per heavy atom. The Morgan fingerprint density at radius 1 is 0.935 bits per heavy atom. The van der Waals surface area contributed by atoms with E-state index in [4.69, 9.17) is 9.47 Å². The van der Waals surface area contributed by atoms with Crippen molar-refractivity contribution >= 4 is 34.3 Å². The summed E-state index contributed by atoms with van der Waals surface area (Å²) in [5, 5.41) is 1.97. The van der Waals surface area contributed by atoms with Gasteiger partial charge in [0.2, 0.25) is 0 Å². The molecule has 31 heavy (non-hydrogen) atoms. The Balaban J connectivity index is 1.76. The summed E-state index contributed by atoms with van der Waals surface area (Å²) in [6, 6.07) is 13.5. The zero-order chi connectivity index (χ0) is 22.5. The number of likely N-dealkylation sites (N-methyl/N-ethyl adjacent to an activating group) is 1. The average Bonchev–Trinajstić information content (AvgIpc) is 3.07. The molecule has 2 aromatic carbocycles. The zero-order valence-corrected chi connectivity index (χ0v) is 18.2. The highest BCUT2D eigenvalue weighted by molar-refractivity contribution is 6.05. The molecule has 1 N–H and O–H groups in total. The van der Waals surface area contributed by atoms with Crippen molar-refractivity contribution in [1.29, 1.82) is 0 Å². The number of carbonyl (C=O) groups excluding carboxylic acids is 3. The lowest BCUT2D eigenvalue weighted by Gasteiger charge is -2.22. The van der Waals surface area contributed by atoms with Crippen LogP contribution in [0, 0.1) is 13.8 Å². The zero-order valence-electron chi connectivity index (χ0n) is 18.2. The minimum atomic E-state index is -0.696. The third-order valence-corrected chi connectivity index (χ3v) is 5.12. The van der Waals surface area contributed by atoms with Crippen molar-refractivity contribution in [2.24, 2.45) is 0 Å². The van der Waals surface area contributed by atoms with E-state index in [2.05, 4.69) is 4.98 Å². The Labute approximate surface area is 181 Å². The van der Waals surface area contributed by atoms with Gasteiger partial charge in [-0.05, 0) is 44.7 Å². The molecule has 0 aliphatic heterocycles. The third kappa shape index (κ3) is 4.45. The Kier molecular flexibility index (Phi) is 6.74. The highest BCUT2D eigenvalue weighted by Crippen LogP contribution is 2.27. The number of nitrogens with one attached hydrogen (secondary N) is 1. The Hall–Kier alpha value is -3.61. The first-order chi connectivity index (χ1) is 14.9. The summed E-state index contributed by atoms with van der Waals surface area (Å²) in [7, 11) is 0. The fourth-order valence-corrected chi connectivity index (χ4v) is 3.67. The van der Waals surface area contributed by atoms with Crippen LogP contribution in [0.5, 0.6) is 0 Å². The van der Waals surface area contributed by atoms with Gasteiger partial charge >= 0.3 is 11.9 Å². The maximum Gasteiger partial charge on any atom is 0.355 e. The second-order valence-electron chi connectivity index (χ2n) is 7.06. The van der Waals surface area contributed by atoms with E-state index in [-0.39, 0.29) is 18.2 Å². The fraction of sp³-hybridized carbons (Fsp3) is 0.292. The van der Waals surface area contributed by atoms with Crippen LogP contribution in [0.2, 0.25) is 0 Å². The predicted octanol–water partition coefficient (Wildman–Crippen LogP) is 4.17. The number of rotatable bonds is 7. The van der Waals surface area contributed by atoms with E-state index in [1.54, 1.807) is 25.7 Å². The van der Waals surface area contributed by atoms with Gasteiger partial charge in [-0.15, -0.1) is 0 Å². The molecule has 3 rings (SSSR count). The molecular weight excluding hydrogens is 396 g/mol. The number of anilines is 1. The number of hydrogen-bond donors (Lipinski definition) is 1. The summed E-state index contributed by atoms with van der Waals surface area (Å²) in [6.07, 6.45) is 0. The van der Waals surface area contributed by atoms with Crippen LogP contribution in [0.4, 0.5) is 5.69 Å². The van der Waals surface area contributed by atoms with Crippen LogP contribution in [0.15, 0.2) is 42.5 Å². The van der Waals surface area contributed by atoms with Crippen molar-refractivity contribution in [3.05, 3.63) is 65.0 Å². The molecule has 0 fully saturated rings. The summed E-state index contributed by atoms with van der Waals surface area (Å²) in [5.41, 5.74) is 2.17. The molecule has 0 aliphatic carbocycles. The van der Waals surface area contributed by atoms with Gasteiger partial charge in [-0.2, -0.15) is 0 Å². The number of amides is 1. The van der Waals surface area contributed by atoms with Gasteiger partial charge in [0, 0.05) is 17.6 Å². The molecule has 1 amide bonds. The normalized spacial score (nSPS) is 10.7. The molecular formula is C24H26N2O5. The van der Waals surface area contributed by atoms with E-state index in [9.17, 15) is 14.4 Å². The number of H-pyrrole nitrogens is 1. The van der Waals surface area contributed by atoms with E-state index in [1.165, 1.54) is 0 Å². The maximum atomic E-state index is 12.9. The van der Waals surface area contributed by atoms with Crippen LogP contribution in [0.3, 0.4) is 0 Å². The number of benzene rings is 2. The topological polar surface area (TPSA) is 88.7 Å². The van der Waals surface area contributed by atoms with Gasteiger partial charge in [0.25, 0.3) is 5.91 Å². The van der Waals surface area contributed by atoms with Crippen LogP contribution in [0.25, 0.3) is 10.8 Å². The molecule has 1 heterocycles. The first kappa shape index (κ1) is 22.1. The van der Waals surface area contributed by atoms with E-state index >= 15 is 0 Å². The summed E-state index contributed by atoms with van der Waals surface area (Å²) >= 11 is 0. The van der Waals surface area contributed by atoms with Crippen LogP contribution < -0.4 is 4.90 Å². The number of fused-ring (bicyclic) bond motifs is 1. The quantitative estimate of drug-likeness (QED) is 0.577. The van der Waals surface area contributed by atoms with Crippen molar-refractivity contribution in [2.75, 3.05) is 24.7 Å². The number of carbonyl (C=O) groups is 3. The summed E-state index contributed by atoms with van der Waals surface area (Å²) < 4.78 is 10.3. The van der Waals surface area contributed by atoms with Gasteiger partial charge in [-0.3, -0.25) is 4.79 Å². The lowest BCUT2D eigenvalue weighted by atomic mass is 10.1. The molecule has 162 valence electrons. The summed E-state index contributed by atoms with van der Waals surface area (Å²) in [4.78, 5) is 42.1. The van der Waals surface area contributed by atoms with Gasteiger partial charge < -0.3 is 19.4 Å². The number of aromatic nitrogens is 1. The molecule has 0 bridgehead atoms. The lowest BCUT2D eigenvalue weighted by molar-refractivity contribution is -0.121. The molecule has 0 aliphatic rings. The average molecular weight is 422 g/mol. The summed E-state index contributed by atoms with van der Waals surface area (Å²) in [5.74, 6) is -1.53. The van der Waals surface area contributed by atoms with Gasteiger partial charge in [0.15, 0.2) is 6.61 Å². The number of aryl methyl sites for hydroxylation is 1. The minimum absolute atomic E-state index is 0.140. The number of aromatic amines is 1. The molecule has 1 aromatic heterocycles. The van der Waals surface area contributed by atoms with E-state index in [0.717, 1.165) is 16.5 Å². The second kappa shape index (κ2) is 9.47. The Morgan fingerprint density at radius 2 is 1.65 bits per heavy atom. The van der Waals surface area contributed by atoms with Crippen LogP contribution in [-0.2, 0) is 14.3 Å². The lowest BCUT2D eigenvalue weighted by Crippen LogP contribution is -2.34. The highest BCUT2D eigenvalue weighted by Gasteiger charge is 2.25. The van der Waals surface area contributed by atoms with Crippen molar-refractivity contribution in [1.82, 2.24) is 4.98 Å². The first-order valence-electron chi connectivity index (χ1n) is 10.2. The monoisotopic (exact) mass is 422 g/mol. The van der Waals surface area contributed by atoms with E-state index < -0.39 is 18.5 Å². The van der Waals surface area contributed by atoms with Crippen LogP contribution in [-0.4, -0.2) is 42.6 Å². The molecule has 3 aromatic rings. The second-order valence-corrected chi connectivity index (χ2v) is 7.06. The van der Waals surface area contributed by atoms with Crippen molar-refractivity contribution in [3.8, 4) is 0 Å². The number of ether oxygens (including phenoxy) is 2. The third-order valence-electron chi connectivity index (χ3n) is 5.12. The molecule has 0 spiro atoms. The predicted molar refractivity (Wildman–Crippen MR) is 118 cm³/mol. The van der Waals surface area contributed by atoms with Crippen molar-refractivity contribution in [3.63, 3.8) is 0 Å². The standard InChI is InChI=1S/C24H26N2O5/c1-5-26(19-13-9-11-17-10-7-8-12-18(17)19)20(27)14-31-24(29)22-15(3)21(16(4)25-22)23(28)30-6-2/h7-13,25H,5-6,14H2,1-4H3. The molecule has 0 unspecified atom stereocenters. The van der Waals surface area contributed by atoms with Crippen molar-refractivity contribution < 1.29 is 23.9 Å². The molecule has 0 saturated heterocycles. The molecule has 0 atom stereocenters. The highest BCUT2D eigenvalue weighted by atomic mass is 16.5.